The van der Waals surface area contributed by atoms with Gasteiger partial charge in [-0.15, -0.1) is 0 Å². The highest BCUT2D eigenvalue weighted by atomic mass is 35.5. The number of ether oxygens (including phenoxy) is 2. The minimum atomic E-state index is -2.84. The van der Waals surface area contributed by atoms with Gasteiger partial charge in [0.25, 0.3) is 5.88 Å². The van der Waals surface area contributed by atoms with Crippen molar-refractivity contribution in [2.24, 2.45) is 0 Å². The Morgan fingerprint density at radius 3 is 2.14 bits per heavy atom. The zero-order valence-corrected chi connectivity index (χ0v) is 28.9. The molecule has 0 N–H and O–H groups in total. The molecule has 0 unspecified atom stereocenters. The topological polar surface area (TPSA) is 89.8 Å². The van der Waals surface area contributed by atoms with Crippen molar-refractivity contribution in [3.63, 3.8) is 0 Å². The summed E-state index contributed by atoms with van der Waals surface area (Å²) >= 11 is 12.7. The fraction of sp³-hybridized carbons (Fsp3) is 0.552. The van der Waals surface area contributed by atoms with Crippen LogP contribution >= 0.6 is 23.2 Å². The van der Waals surface area contributed by atoms with E-state index in [0.29, 0.717) is 33.6 Å². The van der Waals surface area contributed by atoms with Gasteiger partial charge in [-0.3, -0.25) is 4.57 Å². The summed E-state index contributed by atoms with van der Waals surface area (Å²) in [4.78, 5) is 13.4. The molecule has 4 heterocycles. The molecule has 2 fully saturated rings. The SMILES string of the molecule is C=C1[C@H](n2cnc3c(Oc4c(Cl)cccc4Cl)ncnc32)O[C@@H]2CO[Si](C(C)C)(C(C)C)O[Si](C(C)C)(C(C)C)O[C@@H]12. The Labute approximate surface area is 260 Å². The average molecular weight is 652 g/mol. The number of hydrogen-bond donors (Lipinski definition) is 0. The molecule has 0 amide bonds. The summed E-state index contributed by atoms with van der Waals surface area (Å²) in [5.41, 5.74) is 2.58. The van der Waals surface area contributed by atoms with Crippen molar-refractivity contribution < 1.29 is 22.4 Å². The number of para-hydroxylation sites is 1. The van der Waals surface area contributed by atoms with Crippen LogP contribution in [0.1, 0.15) is 61.6 Å². The fourth-order valence-electron chi connectivity index (χ4n) is 6.10. The van der Waals surface area contributed by atoms with Crippen LogP contribution in [-0.2, 0) is 17.7 Å². The molecule has 0 spiro atoms. The second-order valence-electron chi connectivity index (χ2n) is 12.3. The monoisotopic (exact) mass is 650 g/mol. The number of aromatic nitrogens is 4. The maximum absolute atomic E-state index is 7.32. The number of benzene rings is 1. The molecular weight excluding hydrogens is 611 g/mol. The lowest BCUT2D eigenvalue weighted by atomic mass is 10.1. The van der Waals surface area contributed by atoms with E-state index in [-0.39, 0.29) is 34.1 Å². The van der Waals surface area contributed by atoms with Crippen LogP contribution in [0.3, 0.4) is 0 Å². The first-order chi connectivity index (χ1) is 19.8. The van der Waals surface area contributed by atoms with Crippen LogP contribution in [0.25, 0.3) is 11.2 Å². The van der Waals surface area contributed by atoms with E-state index in [4.69, 9.17) is 45.6 Å². The predicted octanol–water partition coefficient (Wildman–Crippen LogP) is 8.34. The Bertz CT molecular complexity index is 1430. The standard InChI is InChI=1S/C29H40Cl2N4O5Si2/c1-16(2)41(17(3)4)36-13-23-25(39-42(40-41,18(5)6)19(7)8)20(9)29(37-23)35-15-34-24-27(35)32-14-33-28(24)38-26-21(30)11-10-12-22(26)31/h10-12,14-19,23,25,29H,9,13H2,1-8H3/t23-,25+,29-/m1/s1. The predicted molar refractivity (Wildman–Crippen MR) is 169 cm³/mol. The summed E-state index contributed by atoms with van der Waals surface area (Å²) in [7, 11) is -5.54. The van der Waals surface area contributed by atoms with Crippen LogP contribution in [0.5, 0.6) is 11.6 Å². The third-order valence-corrected chi connectivity index (χ3v) is 19.2. The molecule has 2 aliphatic heterocycles. The normalized spacial score (nSPS) is 24.0. The number of hydrogen-bond acceptors (Lipinski definition) is 8. The van der Waals surface area contributed by atoms with E-state index in [9.17, 15) is 0 Å². The van der Waals surface area contributed by atoms with Crippen molar-refractivity contribution in [1.82, 2.24) is 19.5 Å². The third-order valence-electron chi connectivity index (χ3n) is 8.34. The number of rotatable bonds is 7. The molecule has 0 saturated carbocycles. The van der Waals surface area contributed by atoms with Gasteiger partial charge in [-0.05, 0) is 34.3 Å². The van der Waals surface area contributed by atoms with E-state index in [1.165, 1.54) is 6.33 Å². The molecule has 228 valence electrons. The number of nitrogens with zero attached hydrogens (tertiary/aromatic N) is 4. The summed E-state index contributed by atoms with van der Waals surface area (Å²) in [5, 5.41) is 0.726. The quantitative estimate of drug-likeness (QED) is 0.186. The summed E-state index contributed by atoms with van der Waals surface area (Å²) in [6.45, 7) is 22.4. The first kappa shape index (κ1) is 31.6. The molecule has 0 aliphatic carbocycles. The summed E-state index contributed by atoms with van der Waals surface area (Å²) in [5.74, 6) is 0.527. The third kappa shape index (κ3) is 5.25. The van der Waals surface area contributed by atoms with Crippen molar-refractivity contribution >= 4 is 51.5 Å². The minimum Gasteiger partial charge on any atom is -0.434 e. The van der Waals surface area contributed by atoms with Gasteiger partial charge in [-0.1, -0.05) is 91.2 Å². The van der Waals surface area contributed by atoms with E-state index in [1.54, 1.807) is 24.5 Å². The molecule has 0 radical (unpaired) electrons. The van der Waals surface area contributed by atoms with Gasteiger partial charge in [-0.25, -0.2) is 9.97 Å². The summed E-state index contributed by atoms with van der Waals surface area (Å²) in [6, 6.07) is 5.14. The van der Waals surface area contributed by atoms with Crippen LogP contribution in [0, 0.1) is 0 Å². The second kappa shape index (κ2) is 11.9. The Balaban J connectivity index is 1.53. The van der Waals surface area contributed by atoms with Gasteiger partial charge in [-0.2, -0.15) is 4.98 Å². The lowest BCUT2D eigenvalue weighted by Gasteiger charge is -2.51. The van der Waals surface area contributed by atoms with E-state index >= 15 is 0 Å². The van der Waals surface area contributed by atoms with Gasteiger partial charge in [0.1, 0.15) is 18.5 Å². The van der Waals surface area contributed by atoms with Crippen LogP contribution in [0.15, 0.2) is 43.0 Å². The van der Waals surface area contributed by atoms with Crippen molar-refractivity contribution in [2.45, 2.75) is 96.0 Å². The first-order valence-electron chi connectivity index (χ1n) is 14.5. The molecule has 2 aromatic heterocycles. The van der Waals surface area contributed by atoms with Crippen LogP contribution < -0.4 is 4.74 Å². The lowest BCUT2D eigenvalue weighted by molar-refractivity contribution is -0.0541. The molecule has 3 aromatic rings. The largest absolute Gasteiger partial charge is 0.434 e. The van der Waals surface area contributed by atoms with Gasteiger partial charge in [0.05, 0.1) is 23.0 Å². The Kier molecular flexibility index (Phi) is 8.97. The molecule has 3 atom stereocenters. The lowest BCUT2D eigenvalue weighted by Crippen LogP contribution is -2.65. The maximum atomic E-state index is 7.32. The molecular formula is C29H40Cl2N4O5Si2. The average Bonchev–Trinajstić information content (AvgIpc) is 3.46. The number of fused-ring (bicyclic) bond motifs is 2. The number of halogens is 2. The molecule has 5 rings (SSSR count). The highest BCUT2D eigenvalue weighted by Gasteiger charge is 2.60. The van der Waals surface area contributed by atoms with Crippen LogP contribution in [-0.4, -0.2) is 55.5 Å². The maximum Gasteiger partial charge on any atom is 0.335 e. The number of imidazole rings is 1. The van der Waals surface area contributed by atoms with Gasteiger partial charge < -0.3 is 22.4 Å². The van der Waals surface area contributed by atoms with E-state index in [1.807, 2.05) is 4.57 Å². The molecule has 9 nitrogen and oxygen atoms in total. The van der Waals surface area contributed by atoms with Crippen LogP contribution in [0.4, 0.5) is 0 Å². The summed E-state index contributed by atoms with van der Waals surface area (Å²) < 4.78 is 35.9. The molecule has 1 aromatic carbocycles. The van der Waals surface area contributed by atoms with Crippen molar-refractivity contribution in [3.8, 4) is 11.6 Å². The van der Waals surface area contributed by atoms with E-state index in [2.05, 4.69) is 76.9 Å². The van der Waals surface area contributed by atoms with Gasteiger partial charge in [0.2, 0.25) is 0 Å². The highest BCUT2D eigenvalue weighted by Crippen LogP contribution is 2.49. The molecule has 2 aliphatic rings. The Morgan fingerprint density at radius 2 is 1.55 bits per heavy atom. The summed E-state index contributed by atoms with van der Waals surface area (Å²) in [6.07, 6.45) is 1.71. The first-order valence-corrected chi connectivity index (χ1v) is 19.2. The van der Waals surface area contributed by atoms with Crippen LogP contribution in [0.2, 0.25) is 32.2 Å². The zero-order valence-electron chi connectivity index (χ0n) is 25.4. The van der Waals surface area contributed by atoms with Gasteiger partial charge >= 0.3 is 17.1 Å². The van der Waals surface area contributed by atoms with Crippen molar-refractivity contribution in [3.05, 3.63) is 53.1 Å². The molecule has 42 heavy (non-hydrogen) atoms. The smallest absolute Gasteiger partial charge is 0.335 e. The van der Waals surface area contributed by atoms with E-state index < -0.39 is 29.5 Å². The highest BCUT2D eigenvalue weighted by molar-refractivity contribution is 6.84. The van der Waals surface area contributed by atoms with Crippen molar-refractivity contribution in [1.29, 1.82) is 0 Å². The zero-order chi connectivity index (χ0) is 30.6. The molecule has 13 heteroatoms. The van der Waals surface area contributed by atoms with Gasteiger partial charge in [0.15, 0.2) is 23.1 Å². The van der Waals surface area contributed by atoms with Gasteiger partial charge in [0, 0.05) is 5.57 Å². The molecule has 2 saturated heterocycles. The fourth-order valence-corrected chi connectivity index (χ4v) is 17.8. The second-order valence-corrected chi connectivity index (χ2v) is 21.9. The Hall–Kier alpha value is -1.84. The van der Waals surface area contributed by atoms with Crippen molar-refractivity contribution in [2.75, 3.05) is 6.61 Å². The minimum absolute atomic E-state index is 0.189. The molecule has 0 bridgehead atoms. The Morgan fingerprint density at radius 1 is 0.929 bits per heavy atom. The van der Waals surface area contributed by atoms with E-state index in [0.717, 1.165) is 5.57 Å².